The fraction of sp³-hybridized carbons (Fsp3) is 0.0294. The molecule has 5 heterocycles. The normalized spacial score (nSPS) is 12.6. The third kappa shape index (κ3) is 5.16. The maximum atomic E-state index is 4.88. The summed E-state index contributed by atoms with van der Waals surface area (Å²) in [5.41, 5.74) is 10.2. The highest BCUT2D eigenvalue weighted by Crippen LogP contribution is 2.30. The molecule has 1 aliphatic rings. The van der Waals surface area contributed by atoms with Crippen molar-refractivity contribution in [2.45, 2.75) is 0 Å². The molecule has 0 aliphatic carbocycles. The van der Waals surface area contributed by atoms with Crippen LogP contribution in [-0.4, -0.2) is 36.9 Å². The molecule has 0 saturated carbocycles. The largest absolute Gasteiger partial charge is 0.256 e. The summed E-state index contributed by atoms with van der Waals surface area (Å²) < 4.78 is 1.91. The third-order valence-electron chi connectivity index (χ3n) is 6.91. The van der Waals surface area contributed by atoms with Crippen molar-refractivity contribution in [3.05, 3.63) is 139 Å². The molecule has 0 atom stereocenters. The number of aromatic nitrogens is 4. The van der Waals surface area contributed by atoms with Gasteiger partial charge in [-0.25, -0.2) is 4.98 Å². The number of hydrogen-bond donors (Lipinski definition) is 0. The Labute approximate surface area is 237 Å². The highest BCUT2D eigenvalue weighted by atomic mass is 15.5. The molecule has 7 rings (SSSR count). The van der Waals surface area contributed by atoms with E-state index in [4.69, 9.17) is 4.98 Å². The first kappa shape index (κ1) is 24.4. The van der Waals surface area contributed by atoms with Gasteiger partial charge in [0.25, 0.3) is 0 Å². The van der Waals surface area contributed by atoms with Crippen LogP contribution in [0.3, 0.4) is 0 Å². The zero-order chi connectivity index (χ0) is 27.4. The Morgan fingerprint density at radius 2 is 1.07 bits per heavy atom. The molecule has 0 radical (unpaired) electrons. The van der Waals surface area contributed by atoms with E-state index in [2.05, 4.69) is 73.8 Å². The second-order valence-corrected chi connectivity index (χ2v) is 9.59. The van der Waals surface area contributed by atoms with E-state index in [0.717, 1.165) is 62.1 Å². The molecular formula is C34H24N7+. The van der Waals surface area contributed by atoms with Gasteiger partial charge in [-0.3, -0.25) is 15.0 Å². The molecule has 194 valence electrons. The van der Waals surface area contributed by atoms with E-state index in [-0.39, 0.29) is 0 Å². The predicted molar refractivity (Wildman–Crippen MR) is 160 cm³/mol. The first-order chi connectivity index (χ1) is 20.3. The van der Waals surface area contributed by atoms with E-state index in [1.165, 1.54) is 0 Å². The molecule has 0 fully saturated rings. The van der Waals surface area contributed by atoms with Gasteiger partial charge in [0.05, 0.1) is 33.6 Å². The van der Waals surface area contributed by atoms with Crippen LogP contribution in [-0.2, 0) is 0 Å². The van der Waals surface area contributed by atoms with Crippen molar-refractivity contribution >= 4 is 11.4 Å². The molecule has 0 unspecified atom stereocenters. The van der Waals surface area contributed by atoms with Gasteiger partial charge in [-0.1, -0.05) is 54.6 Å². The maximum absolute atomic E-state index is 4.88. The van der Waals surface area contributed by atoms with E-state index < -0.39 is 0 Å². The molecule has 0 saturated heterocycles. The highest BCUT2D eigenvalue weighted by Gasteiger charge is 2.24. The SMILES string of the molecule is c1ccc(-c2cccc([N+]3=NN=C(c4ccc(-c5cc(-c6ccccn6)nc(-c6ccccn6)c5)cc4)C3)c2)nc1. The van der Waals surface area contributed by atoms with Crippen LogP contribution in [0.5, 0.6) is 0 Å². The molecule has 41 heavy (non-hydrogen) atoms. The van der Waals surface area contributed by atoms with Crippen molar-refractivity contribution in [1.29, 1.82) is 0 Å². The quantitative estimate of drug-likeness (QED) is 0.210. The molecule has 0 amide bonds. The van der Waals surface area contributed by atoms with Gasteiger partial charge < -0.3 is 0 Å². The molecule has 7 heteroatoms. The van der Waals surface area contributed by atoms with E-state index in [1.54, 1.807) is 18.6 Å². The summed E-state index contributed by atoms with van der Waals surface area (Å²) in [5.74, 6) is 0. The number of pyridine rings is 4. The van der Waals surface area contributed by atoms with Crippen LogP contribution < -0.4 is 0 Å². The van der Waals surface area contributed by atoms with Crippen molar-refractivity contribution < 1.29 is 4.70 Å². The molecule has 0 N–H and O–H groups in total. The predicted octanol–water partition coefficient (Wildman–Crippen LogP) is 7.45. The molecule has 0 bridgehead atoms. The fourth-order valence-electron chi connectivity index (χ4n) is 4.81. The highest BCUT2D eigenvalue weighted by molar-refractivity contribution is 6.02. The Bertz CT molecular complexity index is 1830. The Kier molecular flexibility index (Phi) is 6.43. The molecule has 4 aromatic heterocycles. The Balaban J connectivity index is 1.15. The van der Waals surface area contributed by atoms with Gasteiger partial charge in [0.15, 0.2) is 12.2 Å². The van der Waals surface area contributed by atoms with Gasteiger partial charge in [0.1, 0.15) is 5.22 Å². The molecule has 7 nitrogen and oxygen atoms in total. The van der Waals surface area contributed by atoms with Crippen LogP contribution in [0.1, 0.15) is 5.56 Å². The molecule has 2 aromatic carbocycles. The average molecular weight is 531 g/mol. The lowest BCUT2D eigenvalue weighted by Gasteiger charge is -2.09. The monoisotopic (exact) mass is 530 g/mol. The van der Waals surface area contributed by atoms with Crippen LogP contribution in [0.15, 0.2) is 144 Å². The average Bonchev–Trinajstić information content (AvgIpc) is 3.57. The molecule has 1 aliphatic heterocycles. The number of nitrogens with zero attached hydrogens (tertiary/aromatic N) is 7. The smallest absolute Gasteiger partial charge is 0.231 e. The minimum atomic E-state index is 0.591. The summed E-state index contributed by atoms with van der Waals surface area (Å²) in [6.07, 6.45) is 5.37. The lowest BCUT2D eigenvalue weighted by Crippen LogP contribution is -2.11. The number of rotatable bonds is 6. The minimum Gasteiger partial charge on any atom is -0.256 e. The van der Waals surface area contributed by atoms with Crippen molar-refractivity contribution in [2.24, 2.45) is 10.3 Å². The summed E-state index contributed by atoms with van der Waals surface area (Å²) in [5, 5.41) is 8.95. The van der Waals surface area contributed by atoms with Gasteiger partial charge in [0.2, 0.25) is 5.71 Å². The molecule has 6 aromatic rings. The lowest BCUT2D eigenvalue weighted by atomic mass is 10.00. The second-order valence-electron chi connectivity index (χ2n) is 9.59. The van der Waals surface area contributed by atoms with Crippen LogP contribution in [0.25, 0.3) is 45.2 Å². The molecular weight excluding hydrogens is 506 g/mol. The zero-order valence-corrected chi connectivity index (χ0v) is 22.0. The summed E-state index contributed by atoms with van der Waals surface area (Å²) in [6, 6.07) is 38.4. The Hall–Kier alpha value is -5.69. The van der Waals surface area contributed by atoms with Gasteiger partial charge in [-0.2, -0.15) is 0 Å². The lowest BCUT2D eigenvalue weighted by molar-refractivity contribution is -0.492. The summed E-state index contributed by atoms with van der Waals surface area (Å²) in [7, 11) is 0. The zero-order valence-electron chi connectivity index (χ0n) is 22.0. The second kappa shape index (κ2) is 10.8. The van der Waals surface area contributed by atoms with Crippen molar-refractivity contribution in [3.63, 3.8) is 0 Å². The van der Waals surface area contributed by atoms with E-state index in [0.29, 0.717) is 6.54 Å². The Morgan fingerprint density at radius 1 is 0.463 bits per heavy atom. The summed E-state index contributed by atoms with van der Waals surface area (Å²) in [6.45, 7) is 0.591. The van der Waals surface area contributed by atoms with Gasteiger partial charge in [-0.05, 0) is 71.8 Å². The van der Waals surface area contributed by atoms with E-state index in [1.807, 2.05) is 71.4 Å². The first-order valence-electron chi connectivity index (χ1n) is 13.3. The minimum absolute atomic E-state index is 0.591. The Morgan fingerprint density at radius 3 is 1.68 bits per heavy atom. The van der Waals surface area contributed by atoms with Crippen molar-refractivity contribution in [3.8, 4) is 45.2 Å². The van der Waals surface area contributed by atoms with Crippen LogP contribution in [0.4, 0.5) is 5.69 Å². The van der Waals surface area contributed by atoms with Gasteiger partial charge >= 0.3 is 0 Å². The fourth-order valence-corrected chi connectivity index (χ4v) is 4.81. The first-order valence-corrected chi connectivity index (χ1v) is 13.3. The topological polar surface area (TPSA) is 79.3 Å². The molecule has 0 spiro atoms. The summed E-state index contributed by atoms with van der Waals surface area (Å²) in [4.78, 5) is 18.4. The standard InChI is InChI=1S/C34H24N7/c1-4-17-35-29(10-1)26-8-7-9-28(20-26)41-23-34(39-40-41)25-15-13-24(14-16-25)27-21-32(30-11-2-5-18-36-30)38-33(22-27)31-12-3-6-19-37-31/h1-22H,23H2/q+1. The third-order valence-corrected chi connectivity index (χ3v) is 6.91. The van der Waals surface area contributed by atoms with E-state index in [9.17, 15) is 0 Å². The van der Waals surface area contributed by atoms with Crippen LogP contribution in [0, 0.1) is 0 Å². The van der Waals surface area contributed by atoms with E-state index >= 15 is 0 Å². The van der Waals surface area contributed by atoms with Crippen molar-refractivity contribution in [2.75, 3.05) is 6.54 Å². The van der Waals surface area contributed by atoms with Gasteiger partial charge in [-0.15, -0.1) is 4.70 Å². The number of benzene rings is 2. The number of hydrogen-bond acceptors (Lipinski definition) is 6. The maximum Gasteiger partial charge on any atom is 0.231 e. The van der Waals surface area contributed by atoms with Crippen LogP contribution in [0.2, 0.25) is 0 Å². The van der Waals surface area contributed by atoms with Crippen molar-refractivity contribution in [1.82, 2.24) is 19.9 Å². The van der Waals surface area contributed by atoms with Gasteiger partial charge in [0, 0.05) is 29.7 Å². The summed E-state index contributed by atoms with van der Waals surface area (Å²) >= 11 is 0. The van der Waals surface area contributed by atoms with Crippen LogP contribution >= 0.6 is 0 Å².